The van der Waals surface area contributed by atoms with Crippen LogP contribution in [-0.2, 0) is 10.0 Å². The molecule has 0 amide bonds. The number of rotatable bonds is 4. The second-order valence-electron chi connectivity index (χ2n) is 3.36. The fourth-order valence-electron chi connectivity index (χ4n) is 1.26. The Hall–Kier alpha value is -0.860. The van der Waals surface area contributed by atoms with E-state index in [1.807, 2.05) is 0 Å². The van der Waals surface area contributed by atoms with Crippen molar-refractivity contribution in [3.8, 4) is 0 Å². The van der Waals surface area contributed by atoms with Gasteiger partial charge in [-0.2, -0.15) is 17.5 Å². The molecule has 0 atom stereocenters. The van der Waals surface area contributed by atoms with Gasteiger partial charge in [-0.05, 0) is 12.1 Å². The van der Waals surface area contributed by atoms with Gasteiger partial charge in [0.15, 0.2) is 0 Å². The lowest BCUT2D eigenvalue weighted by molar-refractivity contribution is -0.135. The van der Waals surface area contributed by atoms with Gasteiger partial charge < -0.3 is 0 Å². The molecule has 0 fully saturated rings. The van der Waals surface area contributed by atoms with Gasteiger partial charge in [-0.3, -0.25) is 0 Å². The SMILES string of the molecule is CCN(CC(F)(F)F)S(=O)(=O)c1ccnc(Cl)c1. The topological polar surface area (TPSA) is 50.3 Å². The number of nitrogens with zero attached hydrogens (tertiary/aromatic N) is 2. The quantitative estimate of drug-likeness (QED) is 0.802. The summed E-state index contributed by atoms with van der Waals surface area (Å²) in [5, 5.41) is -0.0980. The molecule has 9 heteroatoms. The summed E-state index contributed by atoms with van der Waals surface area (Å²) in [6.45, 7) is -0.500. The molecular formula is C9H10ClF3N2O2S. The molecule has 0 saturated carbocycles. The van der Waals surface area contributed by atoms with Crippen LogP contribution in [0.4, 0.5) is 13.2 Å². The molecule has 0 aliphatic heterocycles. The van der Waals surface area contributed by atoms with Crippen molar-refractivity contribution in [1.29, 1.82) is 0 Å². The maximum Gasteiger partial charge on any atom is 0.402 e. The van der Waals surface area contributed by atoms with Gasteiger partial charge in [-0.1, -0.05) is 18.5 Å². The van der Waals surface area contributed by atoms with Gasteiger partial charge in [-0.25, -0.2) is 13.4 Å². The summed E-state index contributed by atoms with van der Waals surface area (Å²) in [7, 11) is -4.22. The maximum absolute atomic E-state index is 12.3. The van der Waals surface area contributed by atoms with Gasteiger partial charge in [-0.15, -0.1) is 0 Å². The summed E-state index contributed by atoms with van der Waals surface area (Å²) in [4.78, 5) is 3.26. The highest BCUT2D eigenvalue weighted by Crippen LogP contribution is 2.23. The molecule has 0 saturated heterocycles. The number of aromatic nitrogens is 1. The second kappa shape index (κ2) is 5.41. The molecule has 102 valence electrons. The van der Waals surface area contributed by atoms with Crippen molar-refractivity contribution < 1.29 is 21.6 Å². The Labute approximate surface area is 107 Å². The van der Waals surface area contributed by atoms with Crippen molar-refractivity contribution in [3.05, 3.63) is 23.5 Å². The molecule has 0 aliphatic carbocycles. The fraction of sp³-hybridized carbons (Fsp3) is 0.444. The third kappa shape index (κ3) is 3.82. The minimum Gasteiger partial charge on any atom is -0.244 e. The standard InChI is InChI=1S/C9H10ClF3N2O2S/c1-2-15(6-9(11,12)13)18(16,17)7-3-4-14-8(10)5-7/h3-5H,2,6H2,1H3. The van der Waals surface area contributed by atoms with Crippen LogP contribution in [0.25, 0.3) is 0 Å². The van der Waals surface area contributed by atoms with Crippen molar-refractivity contribution >= 4 is 21.6 Å². The third-order valence-corrected chi connectivity index (χ3v) is 4.17. The van der Waals surface area contributed by atoms with Gasteiger partial charge in [0.1, 0.15) is 11.7 Å². The molecule has 1 aromatic rings. The molecule has 1 aromatic heterocycles. The summed E-state index contributed by atoms with van der Waals surface area (Å²) >= 11 is 5.52. The van der Waals surface area contributed by atoms with Gasteiger partial charge in [0.2, 0.25) is 10.0 Å². The zero-order valence-corrected chi connectivity index (χ0v) is 10.8. The highest BCUT2D eigenvalue weighted by molar-refractivity contribution is 7.89. The van der Waals surface area contributed by atoms with E-state index in [9.17, 15) is 21.6 Å². The van der Waals surface area contributed by atoms with Crippen LogP contribution in [0.1, 0.15) is 6.92 Å². The van der Waals surface area contributed by atoms with Crippen LogP contribution in [0, 0.1) is 0 Å². The Bertz CT molecular complexity index is 519. The largest absolute Gasteiger partial charge is 0.402 e. The van der Waals surface area contributed by atoms with E-state index in [0.717, 1.165) is 18.3 Å². The normalized spacial score (nSPS) is 13.0. The van der Waals surface area contributed by atoms with E-state index in [0.29, 0.717) is 4.31 Å². The van der Waals surface area contributed by atoms with Crippen LogP contribution < -0.4 is 0 Å². The first-order chi connectivity index (χ1) is 8.16. The van der Waals surface area contributed by atoms with Gasteiger partial charge in [0.25, 0.3) is 0 Å². The molecule has 0 unspecified atom stereocenters. The zero-order chi connectivity index (χ0) is 14.0. The van der Waals surface area contributed by atoms with Crippen molar-refractivity contribution in [1.82, 2.24) is 9.29 Å². The van der Waals surface area contributed by atoms with E-state index in [4.69, 9.17) is 11.6 Å². The Balaban J connectivity index is 3.11. The van der Waals surface area contributed by atoms with E-state index in [-0.39, 0.29) is 16.6 Å². The second-order valence-corrected chi connectivity index (χ2v) is 5.69. The predicted molar refractivity (Wildman–Crippen MR) is 59.7 cm³/mol. The first-order valence-electron chi connectivity index (χ1n) is 4.85. The molecule has 18 heavy (non-hydrogen) atoms. The number of hydrogen-bond donors (Lipinski definition) is 0. The summed E-state index contributed by atoms with van der Waals surface area (Å²) in [5.74, 6) is 0. The zero-order valence-electron chi connectivity index (χ0n) is 9.28. The number of alkyl halides is 3. The molecule has 0 bridgehead atoms. The highest BCUT2D eigenvalue weighted by atomic mass is 35.5. The Morgan fingerprint density at radius 1 is 1.44 bits per heavy atom. The van der Waals surface area contributed by atoms with Crippen LogP contribution in [0.3, 0.4) is 0 Å². The van der Waals surface area contributed by atoms with Crippen LogP contribution in [-0.4, -0.2) is 37.0 Å². The van der Waals surface area contributed by atoms with Crippen molar-refractivity contribution in [2.45, 2.75) is 18.0 Å². The van der Waals surface area contributed by atoms with Gasteiger partial charge in [0.05, 0.1) is 4.90 Å². The Morgan fingerprint density at radius 3 is 2.50 bits per heavy atom. The molecule has 0 N–H and O–H groups in total. The maximum atomic E-state index is 12.3. The molecule has 1 rings (SSSR count). The average Bonchev–Trinajstić information content (AvgIpc) is 2.24. The summed E-state index contributed by atoms with van der Waals surface area (Å²) in [6, 6.07) is 2.11. The fourth-order valence-corrected chi connectivity index (χ4v) is 2.95. The first-order valence-corrected chi connectivity index (χ1v) is 6.67. The molecule has 0 spiro atoms. The molecule has 4 nitrogen and oxygen atoms in total. The van der Waals surface area contributed by atoms with Crippen molar-refractivity contribution in [2.75, 3.05) is 13.1 Å². The Morgan fingerprint density at radius 2 is 2.06 bits per heavy atom. The van der Waals surface area contributed by atoms with E-state index in [1.165, 1.54) is 6.92 Å². The monoisotopic (exact) mass is 302 g/mol. The van der Waals surface area contributed by atoms with E-state index in [1.54, 1.807) is 0 Å². The van der Waals surface area contributed by atoms with Crippen LogP contribution in [0.5, 0.6) is 0 Å². The number of pyridine rings is 1. The van der Waals surface area contributed by atoms with E-state index >= 15 is 0 Å². The van der Waals surface area contributed by atoms with Crippen LogP contribution >= 0.6 is 11.6 Å². The van der Waals surface area contributed by atoms with Crippen LogP contribution in [0.15, 0.2) is 23.2 Å². The molecule has 0 aliphatic rings. The molecule has 1 heterocycles. The number of sulfonamides is 1. The third-order valence-electron chi connectivity index (χ3n) is 2.04. The summed E-state index contributed by atoms with van der Waals surface area (Å²) in [5.41, 5.74) is 0. The first kappa shape index (κ1) is 15.2. The molecule has 0 aromatic carbocycles. The van der Waals surface area contributed by atoms with Crippen molar-refractivity contribution in [3.63, 3.8) is 0 Å². The number of hydrogen-bond acceptors (Lipinski definition) is 3. The summed E-state index contributed by atoms with van der Waals surface area (Å²) in [6.07, 6.45) is -3.48. The lowest BCUT2D eigenvalue weighted by Gasteiger charge is -2.21. The summed E-state index contributed by atoms with van der Waals surface area (Å²) < 4.78 is 61.0. The van der Waals surface area contributed by atoms with Gasteiger partial charge >= 0.3 is 6.18 Å². The molecular weight excluding hydrogens is 293 g/mol. The smallest absolute Gasteiger partial charge is 0.244 e. The minimum atomic E-state index is -4.60. The molecule has 0 radical (unpaired) electrons. The van der Waals surface area contributed by atoms with Crippen LogP contribution in [0.2, 0.25) is 5.15 Å². The van der Waals surface area contributed by atoms with Gasteiger partial charge in [0, 0.05) is 12.7 Å². The Kier molecular flexibility index (Phi) is 4.57. The highest BCUT2D eigenvalue weighted by Gasteiger charge is 2.36. The average molecular weight is 303 g/mol. The lowest BCUT2D eigenvalue weighted by Crippen LogP contribution is -2.38. The number of halogens is 4. The van der Waals surface area contributed by atoms with E-state index < -0.39 is 22.7 Å². The predicted octanol–water partition coefficient (Wildman–Crippen LogP) is 2.31. The van der Waals surface area contributed by atoms with E-state index in [2.05, 4.69) is 4.98 Å². The lowest BCUT2D eigenvalue weighted by atomic mass is 10.5. The van der Waals surface area contributed by atoms with Crippen molar-refractivity contribution in [2.24, 2.45) is 0 Å². The minimum absolute atomic E-state index is 0.0980.